The summed E-state index contributed by atoms with van der Waals surface area (Å²) < 4.78 is 0. The highest BCUT2D eigenvalue weighted by molar-refractivity contribution is 8.14. The van der Waals surface area contributed by atoms with Crippen molar-refractivity contribution in [3.8, 4) is 0 Å². The lowest BCUT2D eigenvalue weighted by Gasteiger charge is -2.13. The van der Waals surface area contributed by atoms with Crippen molar-refractivity contribution in [3.05, 3.63) is 0 Å². The molecule has 0 aliphatic rings. The number of carbonyl (C=O) groups is 1. The van der Waals surface area contributed by atoms with E-state index in [-0.39, 0.29) is 0 Å². The molecule has 138 valence electrons. The molecule has 2 unspecified atom stereocenters. The monoisotopic (exact) mass is 378 g/mol. The summed E-state index contributed by atoms with van der Waals surface area (Å²) >= 11 is 3.53. The summed E-state index contributed by atoms with van der Waals surface area (Å²) in [4.78, 5) is 12.0. The maximum absolute atomic E-state index is 12.0. The zero-order valence-electron chi connectivity index (χ0n) is 15.5. The largest absolute Gasteiger partial charge is 0.287 e. The highest BCUT2D eigenvalue weighted by Crippen LogP contribution is 2.22. The Bertz CT molecular complexity index is 262. The summed E-state index contributed by atoms with van der Waals surface area (Å²) in [5.74, 6) is 1.02. The van der Waals surface area contributed by atoms with Crippen LogP contribution in [0.4, 0.5) is 0 Å². The maximum atomic E-state index is 12.0. The second-order valence-corrected chi connectivity index (χ2v) is 9.20. The van der Waals surface area contributed by atoms with Crippen LogP contribution >= 0.6 is 32.8 Å². The summed E-state index contributed by atoms with van der Waals surface area (Å²) in [6, 6.07) is 0. The lowest BCUT2D eigenvalue weighted by atomic mass is 10.1. The summed E-state index contributed by atoms with van der Waals surface area (Å²) in [6.45, 7) is 2.26. The van der Waals surface area contributed by atoms with Crippen molar-refractivity contribution < 1.29 is 4.79 Å². The van der Waals surface area contributed by atoms with Crippen molar-refractivity contribution in [2.75, 3.05) is 18.2 Å². The van der Waals surface area contributed by atoms with E-state index in [1.165, 1.54) is 76.8 Å². The van der Waals surface area contributed by atoms with E-state index in [1.807, 2.05) is 11.8 Å². The number of rotatable bonds is 17. The predicted octanol–water partition coefficient (Wildman–Crippen LogP) is 6.94. The van der Waals surface area contributed by atoms with Gasteiger partial charge in [0, 0.05) is 17.4 Å². The fourth-order valence-electron chi connectivity index (χ4n) is 2.62. The molecule has 0 aromatic carbocycles. The third-order valence-electron chi connectivity index (χ3n) is 4.23. The van der Waals surface area contributed by atoms with Crippen molar-refractivity contribution in [1.82, 2.24) is 0 Å². The number of hydrogen-bond acceptors (Lipinski definition) is 3. The van der Waals surface area contributed by atoms with Gasteiger partial charge in [-0.05, 0) is 31.7 Å². The van der Waals surface area contributed by atoms with Crippen LogP contribution in [0.15, 0.2) is 0 Å². The Balaban J connectivity index is 3.49. The maximum Gasteiger partial charge on any atom is 0.188 e. The van der Waals surface area contributed by atoms with Gasteiger partial charge in [-0.1, -0.05) is 76.5 Å². The zero-order valence-corrected chi connectivity index (χ0v) is 18.3. The Kier molecular flexibility index (Phi) is 19.8. The molecular formula is C19H39OPS2. The van der Waals surface area contributed by atoms with E-state index >= 15 is 0 Å². The molecule has 0 saturated carbocycles. The molecule has 0 bridgehead atoms. The molecule has 0 aliphatic carbocycles. The smallest absolute Gasteiger partial charge is 0.188 e. The molecule has 0 spiro atoms. The van der Waals surface area contributed by atoms with Gasteiger partial charge in [0.05, 0.1) is 0 Å². The average Bonchev–Trinajstić information content (AvgIpc) is 2.56. The minimum Gasteiger partial charge on any atom is -0.287 e. The molecule has 1 nitrogen and oxygen atoms in total. The van der Waals surface area contributed by atoms with Gasteiger partial charge in [0.1, 0.15) is 0 Å². The van der Waals surface area contributed by atoms with Crippen molar-refractivity contribution in [1.29, 1.82) is 0 Å². The number of thioether (sulfide) groups is 2. The van der Waals surface area contributed by atoms with Gasteiger partial charge in [-0.3, -0.25) is 4.79 Å². The molecule has 0 aromatic rings. The van der Waals surface area contributed by atoms with Crippen LogP contribution in [0.25, 0.3) is 0 Å². The summed E-state index contributed by atoms with van der Waals surface area (Å²) in [6.07, 6.45) is 19.9. The van der Waals surface area contributed by atoms with Gasteiger partial charge < -0.3 is 0 Å². The first-order valence-electron chi connectivity index (χ1n) is 9.63. The van der Waals surface area contributed by atoms with Crippen LogP contribution < -0.4 is 0 Å². The molecule has 0 radical (unpaired) electrons. The van der Waals surface area contributed by atoms with Crippen molar-refractivity contribution in [3.63, 3.8) is 0 Å². The Morgan fingerprint density at radius 3 is 2.17 bits per heavy atom. The van der Waals surface area contributed by atoms with Crippen LogP contribution in [-0.2, 0) is 4.79 Å². The highest BCUT2D eigenvalue weighted by Gasteiger charge is 2.10. The third-order valence-corrected chi connectivity index (χ3v) is 7.01. The standard InChI is InChI=1S/C19H39OPS2/c1-3-4-5-8-11-14-18(22-2)17-23-19(20)15-12-9-6-7-10-13-16-21/h18H,3-17,21H2,1-2H3. The van der Waals surface area contributed by atoms with Crippen molar-refractivity contribution >= 4 is 37.9 Å². The van der Waals surface area contributed by atoms with Gasteiger partial charge in [0.2, 0.25) is 0 Å². The molecule has 0 aromatic heterocycles. The van der Waals surface area contributed by atoms with Crippen LogP contribution in [-0.4, -0.2) is 28.5 Å². The third kappa shape index (κ3) is 17.4. The van der Waals surface area contributed by atoms with Gasteiger partial charge in [-0.2, -0.15) is 11.8 Å². The van der Waals surface area contributed by atoms with Crippen LogP contribution in [0.5, 0.6) is 0 Å². The number of carbonyl (C=O) groups excluding carboxylic acids is 1. The molecule has 0 rings (SSSR count). The van der Waals surface area contributed by atoms with E-state index in [9.17, 15) is 4.79 Å². The molecule has 2 atom stereocenters. The first-order chi connectivity index (χ1) is 11.2. The van der Waals surface area contributed by atoms with Gasteiger partial charge in [0.25, 0.3) is 0 Å². The molecular weight excluding hydrogens is 339 g/mol. The van der Waals surface area contributed by atoms with E-state index in [2.05, 4.69) is 22.4 Å². The molecule has 0 aliphatic heterocycles. The average molecular weight is 379 g/mol. The second-order valence-electron chi connectivity index (χ2n) is 6.40. The van der Waals surface area contributed by atoms with E-state index in [1.54, 1.807) is 11.8 Å². The fraction of sp³-hybridized carbons (Fsp3) is 0.947. The zero-order chi connectivity index (χ0) is 17.2. The Morgan fingerprint density at radius 2 is 1.52 bits per heavy atom. The second kappa shape index (κ2) is 19.1. The summed E-state index contributed by atoms with van der Waals surface area (Å²) in [7, 11) is 2.79. The van der Waals surface area contributed by atoms with E-state index in [0.29, 0.717) is 10.4 Å². The van der Waals surface area contributed by atoms with Crippen LogP contribution in [0.3, 0.4) is 0 Å². The van der Waals surface area contributed by atoms with Crippen molar-refractivity contribution in [2.45, 2.75) is 95.6 Å². The first kappa shape index (κ1) is 23.8. The first-order valence-corrected chi connectivity index (χ1v) is 12.7. The molecule has 0 fully saturated rings. The summed E-state index contributed by atoms with van der Waals surface area (Å²) in [5.41, 5.74) is 0. The highest BCUT2D eigenvalue weighted by atomic mass is 32.2. The minimum absolute atomic E-state index is 0.417. The molecule has 0 heterocycles. The lowest BCUT2D eigenvalue weighted by molar-refractivity contribution is -0.111. The Morgan fingerprint density at radius 1 is 0.913 bits per heavy atom. The topological polar surface area (TPSA) is 17.1 Å². The normalized spacial score (nSPS) is 12.5. The Hall–Kier alpha value is 0.800. The van der Waals surface area contributed by atoms with Crippen LogP contribution in [0.2, 0.25) is 0 Å². The van der Waals surface area contributed by atoms with Crippen LogP contribution in [0.1, 0.15) is 90.4 Å². The minimum atomic E-state index is 0.417. The summed E-state index contributed by atoms with van der Waals surface area (Å²) in [5, 5.41) is 1.08. The molecule has 0 N–H and O–H groups in total. The van der Waals surface area contributed by atoms with Gasteiger partial charge in [0.15, 0.2) is 5.12 Å². The van der Waals surface area contributed by atoms with E-state index in [4.69, 9.17) is 0 Å². The molecule has 0 saturated heterocycles. The van der Waals surface area contributed by atoms with E-state index in [0.717, 1.165) is 18.6 Å². The predicted molar refractivity (Wildman–Crippen MR) is 115 cm³/mol. The number of hydrogen-bond donors (Lipinski definition) is 0. The van der Waals surface area contributed by atoms with Gasteiger partial charge in [-0.15, -0.1) is 9.24 Å². The lowest BCUT2D eigenvalue weighted by Crippen LogP contribution is -2.08. The quantitative estimate of drug-likeness (QED) is 0.201. The fourth-order valence-corrected chi connectivity index (χ4v) is 4.89. The van der Waals surface area contributed by atoms with Gasteiger partial charge in [-0.25, -0.2) is 0 Å². The Labute approximate surface area is 156 Å². The van der Waals surface area contributed by atoms with E-state index < -0.39 is 0 Å². The molecule has 4 heteroatoms. The molecule has 23 heavy (non-hydrogen) atoms. The number of unbranched alkanes of at least 4 members (excludes halogenated alkanes) is 9. The van der Waals surface area contributed by atoms with Crippen molar-refractivity contribution in [2.24, 2.45) is 0 Å². The van der Waals surface area contributed by atoms with Crippen LogP contribution in [0, 0.1) is 0 Å². The molecule has 0 amide bonds. The van der Waals surface area contributed by atoms with Gasteiger partial charge >= 0.3 is 0 Å². The SMILES string of the molecule is CCCCCCCC(CSC(=O)CCCCCCCCP)SC.